The Balaban J connectivity index is 1.35. The number of hydrogen-bond donors (Lipinski definition) is 0. The van der Waals surface area contributed by atoms with Crippen molar-refractivity contribution in [3.63, 3.8) is 0 Å². The van der Waals surface area contributed by atoms with Crippen LogP contribution in [0.1, 0.15) is 22.7 Å². The van der Waals surface area contributed by atoms with Crippen molar-refractivity contribution in [1.29, 1.82) is 0 Å². The lowest BCUT2D eigenvalue weighted by atomic mass is 10.2. The molecule has 0 unspecified atom stereocenters. The minimum atomic E-state index is -4.69. The lowest BCUT2D eigenvalue weighted by Crippen LogP contribution is -2.30. The van der Waals surface area contributed by atoms with E-state index in [0.717, 1.165) is 5.69 Å². The lowest BCUT2D eigenvalue weighted by molar-refractivity contribution is -0.159. The number of amides is 1. The lowest BCUT2D eigenvalue weighted by Gasteiger charge is -2.18. The van der Waals surface area contributed by atoms with Crippen LogP contribution in [-0.2, 0) is 6.18 Å². The zero-order valence-electron chi connectivity index (χ0n) is 17.5. The average Bonchev–Trinajstić information content (AvgIpc) is 3.44. The molecule has 0 bridgehead atoms. The van der Waals surface area contributed by atoms with Crippen molar-refractivity contribution in [3.05, 3.63) is 60.0 Å². The Bertz CT molecular complexity index is 1080. The van der Waals surface area contributed by atoms with E-state index in [1.54, 1.807) is 29.2 Å². The van der Waals surface area contributed by atoms with Gasteiger partial charge in [-0.15, -0.1) is 0 Å². The Morgan fingerprint density at radius 2 is 1.81 bits per heavy atom. The number of alkyl halides is 3. The molecule has 0 spiro atoms. The summed E-state index contributed by atoms with van der Waals surface area (Å²) in [7, 11) is 3.88. The zero-order chi connectivity index (χ0) is 22.9. The molecule has 0 radical (unpaired) electrons. The molecule has 1 aliphatic rings. The summed E-state index contributed by atoms with van der Waals surface area (Å²) in [6.07, 6.45) is -4.18. The highest BCUT2D eigenvalue weighted by Gasteiger charge is 2.38. The topological polar surface area (TPSA) is 71.7 Å². The Morgan fingerprint density at radius 1 is 1.12 bits per heavy atom. The molecule has 1 atom stereocenters. The number of aromatic nitrogens is 2. The number of anilines is 1. The maximum atomic E-state index is 12.8. The predicted octanol–water partition coefficient (Wildman–Crippen LogP) is 4.11. The fourth-order valence-electron chi connectivity index (χ4n) is 3.42. The van der Waals surface area contributed by atoms with Crippen molar-refractivity contribution in [2.75, 3.05) is 32.1 Å². The van der Waals surface area contributed by atoms with Crippen LogP contribution < -0.4 is 9.64 Å². The van der Waals surface area contributed by atoms with E-state index in [4.69, 9.17) is 4.74 Å². The molecular formula is C22H21F3N4O3. The van der Waals surface area contributed by atoms with Crippen LogP contribution in [0.25, 0.3) is 11.4 Å². The van der Waals surface area contributed by atoms with E-state index in [0.29, 0.717) is 36.4 Å². The van der Waals surface area contributed by atoms with Crippen LogP contribution in [0.3, 0.4) is 0 Å². The van der Waals surface area contributed by atoms with Crippen LogP contribution in [0.15, 0.2) is 53.1 Å². The number of likely N-dealkylation sites (tertiary alicyclic amines) is 1. The maximum absolute atomic E-state index is 12.8. The zero-order valence-corrected chi connectivity index (χ0v) is 17.5. The Hall–Kier alpha value is -3.56. The number of carbonyl (C=O) groups is 1. The molecule has 1 saturated heterocycles. The third-order valence-corrected chi connectivity index (χ3v) is 5.15. The van der Waals surface area contributed by atoms with Crippen molar-refractivity contribution in [3.8, 4) is 17.1 Å². The van der Waals surface area contributed by atoms with E-state index in [2.05, 4.69) is 14.7 Å². The highest BCUT2D eigenvalue weighted by molar-refractivity contribution is 5.94. The molecule has 7 nitrogen and oxygen atoms in total. The molecule has 2 aromatic carbocycles. The van der Waals surface area contributed by atoms with Crippen LogP contribution >= 0.6 is 0 Å². The largest absolute Gasteiger partial charge is 0.489 e. The van der Waals surface area contributed by atoms with Crippen LogP contribution in [0.4, 0.5) is 18.9 Å². The first kappa shape index (κ1) is 21.7. The van der Waals surface area contributed by atoms with E-state index in [1.165, 1.54) is 0 Å². The number of carbonyl (C=O) groups excluding carboxylic acids is 1. The molecule has 0 saturated carbocycles. The number of halogens is 3. The molecule has 2 heterocycles. The Kier molecular flexibility index (Phi) is 5.77. The van der Waals surface area contributed by atoms with E-state index >= 15 is 0 Å². The molecule has 1 amide bonds. The van der Waals surface area contributed by atoms with Crippen molar-refractivity contribution in [2.24, 2.45) is 0 Å². The first-order valence-corrected chi connectivity index (χ1v) is 9.95. The molecule has 1 aliphatic heterocycles. The van der Waals surface area contributed by atoms with Crippen LogP contribution in [-0.4, -0.2) is 54.2 Å². The van der Waals surface area contributed by atoms with E-state index in [-0.39, 0.29) is 17.8 Å². The molecule has 3 aromatic rings. The second-order valence-electron chi connectivity index (χ2n) is 7.67. The fraction of sp³-hybridized carbons (Fsp3) is 0.318. The van der Waals surface area contributed by atoms with E-state index in [1.807, 2.05) is 43.3 Å². The summed E-state index contributed by atoms with van der Waals surface area (Å²) in [6.45, 7) is 1.04. The second-order valence-corrected chi connectivity index (χ2v) is 7.67. The first-order valence-electron chi connectivity index (χ1n) is 9.95. The SMILES string of the molecule is CN(C)c1ccc(C(=O)N2CC[C@@H](Oc3ccc(-c4noc(C(F)(F)F)n4)cc3)C2)cc1. The number of hydrogen-bond acceptors (Lipinski definition) is 6. The molecule has 4 rings (SSSR count). The number of ether oxygens (including phenoxy) is 1. The molecule has 10 heteroatoms. The highest BCUT2D eigenvalue weighted by atomic mass is 19.4. The summed E-state index contributed by atoms with van der Waals surface area (Å²) >= 11 is 0. The monoisotopic (exact) mass is 446 g/mol. The summed E-state index contributed by atoms with van der Waals surface area (Å²) in [6, 6.07) is 13.8. The van der Waals surface area contributed by atoms with Crippen molar-refractivity contribution in [2.45, 2.75) is 18.7 Å². The standard InChI is InChI=1S/C22H21F3N4O3/c1-28(2)16-7-3-15(4-8-16)20(30)29-12-11-18(13-29)31-17-9-5-14(6-10-17)19-26-21(32-27-19)22(23,24)25/h3-10,18H,11-13H2,1-2H3/t18-/m1/s1. The number of rotatable bonds is 5. The minimum Gasteiger partial charge on any atom is -0.489 e. The number of nitrogens with zero attached hydrogens (tertiary/aromatic N) is 4. The summed E-state index contributed by atoms with van der Waals surface area (Å²) in [5.74, 6) is -1.04. The van der Waals surface area contributed by atoms with Crippen LogP contribution in [0, 0.1) is 0 Å². The number of benzene rings is 2. The van der Waals surface area contributed by atoms with Gasteiger partial charge in [0.05, 0.1) is 6.54 Å². The van der Waals surface area contributed by atoms with Crippen molar-refractivity contribution in [1.82, 2.24) is 15.0 Å². The molecule has 1 fully saturated rings. The smallest absolute Gasteiger partial charge is 0.471 e. The molecule has 32 heavy (non-hydrogen) atoms. The van der Waals surface area contributed by atoms with Gasteiger partial charge in [0, 0.05) is 43.9 Å². The van der Waals surface area contributed by atoms with Gasteiger partial charge in [0.2, 0.25) is 5.82 Å². The predicted molar refractivity (Wildman–Crippen MR) is 110 cm³/mol. The second kappa shape index (κ2) is 8.52. The van der Waals surface area contributed by atoms with Gasteiger partial charge in [-0.2, -0.15) is 18.2 Å². The maximum Gasteiger partial charge on any atom is 0.471 e. The van der Waals surface area contributed by atoms with Crippen molar-refractivity contribution < 1.29 is 27.2 Å². The molecule has 1 aromatic heterocycles. The Morgan fingerprint density at radius 3 is 2.41 bits per heavy atom. The summed E-state index contributed by atoms with van der Waals surface area (Å²) < 4.78 is 48.0. The fourth-order valence-corrected chi connectivity index (χ4v) is 3.42. The quantitative estimate of drug-likeness (QED) is 0.587. The third kappa shape index (κ3) is 4.68. The highest BCUT2D eigenvalue weighted by Crippen LogP contribution is 2.30. The van der Waals surface area contributed by atoms with Gasteiger partial charge in [0.1, 0.15) is 11.9 Å². The van der Waals surface area contributed by atoms with Crippen molar-refractivity contribution >= 4 is 11.6 Å². The van der Waals surface area contributed by atoms with Gasteiger partial charge in [0.15, 0.2) is 0 Å². The van der Waals surface area contributed by atoms with Gasteiger partial charge in [0.25, 0.3) is 5.91 Å². The van der Waals surface area contributed by atoms with Gasteiger partial charge in [-0.1, -0.05) is 5.16 Å². The van der Waals surface area contributed by atoms with Crippen LogP contribution in [0.5, 0.6) is 5.75 Å². The Labute approximate surface area is 182 Å². The van der Waals surface area contributed by atoms with Gasteiger partial charge >= 0.3 is 12.1 Å². The van der Waals surface area contributed by atoms with Gasteiger partial charge in [-0.25, -0.2) is 0 Å². The molecule has 0 N–H and O–H groups in total. The molecule has 0 aliphatic carbocycles. The van der Waals surface area contributed by atoms with Gasteiger partial charge < -0.3 is 19.1 Å². The minimum absolute atomic E-state index is 0.0469. The molecular weight excluding hydrogens is 425 g/mol. The first-order chi connectivity index (χ1) is 15.2. The summed E-state index contributed by atoms with van der Waals surface area (Å²) in [4.78, 5) is 19.8. The van der Waals surface area contributed by atoms with E-state index in [9.17, 15) is 18.0 Å². The van der Waals surface area contributed by atoms with Gasteiger partial charge in [-0.3, -0.25) is 4.79 Å². The summed E-state index contributed by atoms with van der Waals surface area (Å²) in [5, 5.41) is 3.37. The average molecular weight is 446 g/mol. The molecule has 168 valence electrons. The van der Waals surface area contributed by atoms with Crippen LogP contribution in [0.2, 0.25) is 0 Å². The normalized spacial score (nSPS) is 16.3. The third-order valence-electron chi connectivity index (χ3n) is 5.15. The van der Waals surface area contributed by atoms with Gasteiger partial charge in [-0.05, 0) is 48.5 Å². The van der Waals surface area contributed by atoms with E-state index < -0.39 is 12.1 Å². The summed E-state index contributed by atoms with van der Waals surface area (Å²) in [5.41, 5.74) is 2.02.